The van der Waals surface area contributed by atoms with Crippen LogP contribution in [-0.2, 0) is 0 Å². The van der Waals surface area contributed by atoms with Crippen molar-refractivity contribution < 1.29 is 4.42 Å². The average molecular weight is 406 g/mol. The highest BCUT2D eigenvalue weighted by Gasteiger charge is 2.12. The zero-order valence-electron chi connectivity index (χ0n) is 7.91. The van der Waals surface area contributed by atoms with Gasteiger partial charge >= 0.3 is 0 Å². The number of hydrogen-bond donors (Lipinski definition) is 0. The van der Waals surface area contributed by atoms with Crippen LogP contribution in [0, 0.1) is 3.77 Å². The highest BCUT2D eigenvalue weighted by Crippen LogP contribution is 2.34. The van der Waals surface area contributed by atoms with Gasteiger partial charge in [-0.15, -0.1) is 11.3 Å². The quantitative estimate of drug-likeness (QED) is 0.537. The molecule has 0 aliphatic rings. The van der Waals surface area contributed by atoms with Crippen LogP contribution in [-0.4, -0.2) is 4.98 Å². The number of fused-ring (bicyclic) bond motifs is 1. The monoisotopic (exact) mass is 405 g/mol. The summed E-state index contributed by atoms with van der Waals surface area (Å²) in [7, 11) is 0. The van der Waals surface area contributed by atoms with E-state index in [1.165, 1.54) is 4.70 Å². The second-order valence-corrected chi connectivity index (χ2v) is 6.08. The molecule has 0 radical (unpaired) electrons. The van der Waals surface area contributed by atoms with Gasteiger partial charge in [0.25, 0.3) is 0 Å². The molecule has 0 saturated heterocycles. The van der Waals surface area contributed by atoms with E-state index in [1.54, 1.807) is 11.3 Å². The predicted molar refractivity (Wildman–Crippen MR) is 77.7 cm³/mol. The summed E-state index contributed by atoms with van der Waals surface area (Å²) in [5.41, 5.74) is 1.02. The molecule has 3 rings (SSSR count). The van der Waals surface area contributed by atoms with E-state index in [9.17, 15) is 0 Å². The number of thiazole rings is 1. The van der Waals surface area contributed by atoms with Gasteiger partial charge in [0.15, 0.2) is 14.5 Å². The number of para-hydroxylation sites is 1. The molecule has 0 aliphatic carbocycles. The van der Waals surface area contributed by atoms with Crippen molar-refractivity contribution in [1.82, 2.24) is 4.98 Å². The number of benzene rings is 1. The third-order valence-corrected chi connectivity index (χ3v) is 5.33. The first-order chi connectivity index (χ1) is 7.74. The normalized spacial score (nSPS) is 11.1. The summed E-state index contributed by atoms with van der Waals surface area (Å²) >= 11 is 7.23. The molecule has 2 heterocycles. The van der Waals surface area contributed by atoms with Crippen LogP contribution in [0.5, 0.6) is 0 Å². The van der Waals surface area contributed by atoms with Crippen molar-refractivity contribution >= 4 is 60.1 Å². The molecule has 0 N–H and O–H groups in total. The fraction of sp³-hybridized carbons (Fsp3) is 0. The summed E-state index contributed by atoms with van der Waals surface area (Å²) < 4.78 is 8.63. The number of nitrogens with zero attached hydrogens (tertiary/aromatic N) is 1. The van der Waals surface area contributed by atoms with Crippen LogP contribution in [0.25, 0.3) is 21.0 Å². The van der Waals surface area contributed by atoms with Gasteiger partial charge in [-0.2, -0.15) is 0 Å². The van der Waals surface area contributed by atoms with E-state index in [0.29, 0.717) is 0 Å². The van der Waals surface area contributed by atoms with Gasteiger partial charge in [0.1, 0.15) is 0 Å². The number of hydrogen-bond acceptors (Lipinski definition) is 3. The summed E-state index contributed by atoms with van der Waals surface area (Å²) in [5.74, 6) is 0.817. The molecule has 5 heteroatoms. The van der Waals surface area contributed by atoms with Crippen LogP contribution in [0.4, 0.5) is 0 Å². The smallest absolute Gasteiger partial charge is 0.178 e. The van der Waals surface area contributed by atoms with Crippen molar-refractivity contribution in [3.63, 3.8) is 0 Å². The van der Waals surface area contributed by atoms with E-state index < -0.39 is 0 Å². The standard InChI is InChI=1S/C11H5BrINOS/c12-6-5-8(15-10(6)13)11-14-7-3-1-2-4-9(7)16-11/h1-5H. The van der Waals surface area contributed by atoms with Crippen LogP contribution < -0.4 is 0 Å². The van der Waals surface area contributed by atoms with Gasteiger partial charge in [-0.05, 0) is 28.1 Å². The molecular weight excluding hydrogens is 401 g/mol. The predicted octanol–water partition coefficient (Wildman–Crippen LogP) is 4.92. The molecule has 0 saturated carbocycles. The maximum atomic E-state index is 5.62. The van der Waals surface area contributed by atoms with Crippen LogP contribution >= 0.6 is 49.9 Å². The molecule has 0 aliphatic heterocycles. The summed E-state index contributed by atoms with van der Waals surface area (Å²) in [6.07, 6.45) is 0. The topological polar surface area (TPSA) is 26.0 Å². The number of rotatable bonds is 1. The van der Waals surface area contributed by atoms with Crippen molar-refractivity contribution in [3.05, 3.63) is 38.6 Å². The average Bonchev–Trinajstić information content (AvgIpc) is 2.83. The first-order valence-electron chi connectivity index (χ1n) is 4.55. The Morgan fingerprint density at radius 2 is 2.12 bits per heavy atom. The second-order valence-electron chi connectivity index (χ2n) is 3.22. The van der Waals surface area contributed by atoms with Crippen LogP contribution in [0.2, 0.25) is 0 Å². The molecule has 0 bridgehead atoms. The maximum absolute atomic E-state index is 5.62. The van der Waals surface area contributed by atoms with E-state index in [0.717, 1.165) is 24.5 Å². The first-order valence-corrected chi connectivity index (χ1v) is 7.23. The molecule has 0 amide bonds. The summed E-state index contributed by atoms with van der Waals surface area (Å²) in [5, 5.41) is 0.921. The number of aromatic nitrogens is 1. The van der Waals surface area contributed by atoms with Crippen molar-refractivity contribution in [3.8, 4) is 10.8 Å². The lowest BCUT2D eigenvalue weighted by Gasteiger charge is -1.85. The lowest BCUT2D eigenvalue weighted by atomic mass is 10.3. The Hall–Kier alpha value is -0.400. The molecule has 0 unspecified atom stereocenters. The SMILES string of the molecule is Brc1cc(-c2nc3ccccc3s2)oc1I. The zero-order chi connectivity index (χ0) is 11.1. The van der Waals surface area contributed by atoms with Gasteiger partial charge in [-0.1, -0.05) is 12.1 Å². The Kier molecular flexibility index (Phi) is 2.76. The minimum atomic E-state index is 0.817. The van der Waals surface area contributed by atoms with Crippen molar-refractivity contribution in [1.29, 1.82) is 0 Å². The highest BCUT2D eigenvalue weighted by molar-refractivity contribution is 14.1. The Bertz CT molecular complexity index is 608. The summed E-state index contributed by atoms with van der Waals surface area (Å²) in [6.45, 7) is 0. The third-order valence-electron chi connectivity index (χ3n) is 2.15. The molecule has 80 valence electrons. The lowest BCUT2D eigenvalue weighted by molar-refractivity contribution is 0.550. The Morgan fingerprint density at radius 1 is 1.31 bits per heavy atom. The first kappa shape index (κ1) is 10.7. The van der Waals surface area contributed by atoms with Crippen LogP contribution in [0.1, 0.15) is 0 Å². The fourth-order valence-electron chi connectivity index (χ4n) is 1.43. The molecule has 0 spiro atoms. The molecular formula is C11H5BrINOS. The van der Waals surface area contributed by atoms with E-state index in [4.69, 9.17) is 4.42 Å². The minimum absolute atomic E-state index is 0.817. The van der Waals surface area contributed by atoms with E-state index in [-0.39, 0.29) is 0 Å². The van der Waals surface area contributed by atoms with Gasteiger partial charge in [0.05, 0.1) is 14.7 Å². The lowest BCUT2D eigenvalue weighted by Crippen LogP contribution is -1.69. The summed E-state index contributed by atoms with van der Waals surface area (Å²) in [6, 6.07) is 10.1. The summed E-state index contributed by atoms with van der Waals surface area (Å²) in [4.78, 5) is 4.54. The van der Waals surface area contributed by atoms with E-state index >= 15 is 0 Å². The molecule has 0 atom stereocenters. The molecule has 16 heavy (non-hydrogen) atoms. The van der Waals surface area contributed by atoms with Crippen molar-refractivity contribution in [2.24, 2.45) is 0 Å². The van der Waals surface area contributed by atoms with E-state index in [2.05, 4.69) is 49.6 Å². The highest BCUT2D eigenvalue weighted by atomic mass is 127. The van der Waals surface area contributed by atoms with Crippen molar-refractivity contribution in [2.45, 2.75) is 0 Å². The van der Waals surface area contributed by atoms with Gasteiger partial charge in [-0.25, -0.2) is 4.98 Å². The molecule has 0 fully saturated rings. The van der Waals surface area contributed by atoms with Crippen LogP contribution in [0.3, 0.4) is 0 Å². The van der Waals surface area contributed by atoms with Crippen molar-refractivity contribution in [2.75, 3.05) is 0 Å². The zero-order valence-corrected chi connectivity index (χ0v) is 12.5. The number of halogens is 2. The Morgan fingerprint density at radius 3 is 2.81 bits per heavy atom. The third kappa shape index (κ3) is 1.80. The largest absolute Gasteiger partial charge is 0.447 e. The molecule has 2 aromatic heterocycles. The van der Waals surface area contributed by atoms with Gasteiger partial charge < -0.3 is 4.42 Å². The number of furan rings is 1. The van der Waals surface area contributed by atoms with Gasteiger partial charge in [0.2, 0.25) is 0 Å². The minimum Gasteiger partial charge on any atom is -0.447 e. The van der Waals surface area contributed by atoms with Gasteiger partial charge in [-0.3, -0.25) is 0 Å². The Labute approximate surface area is 118 Å². The molecule has 2 nitrogen and oxygen atoms in total. The second kappa shape index (κ2) is 4.12. The fourth-order valence-corrected chi connectivity index (χ4v) is 3.03. The molecule has 1 aromatic carbocycles. The molecule has 3 aromatic rings. The maximum Gasteiger partial charge on any atom is 0.178 e. The Balaban J connectivity index is 2.18. The van der Waals surface area contributed by atoms with Gasteiger partial charge in [0, 0.05) is 28.7 Å². The van der Waals surface area contributed by atoms with Crippen LogP contribution in [0.15, 0.2) is 39.2 Å². The van der Waals surface area contributed by atoms with E-state index in [1.807, 2.05) is 24.3 Å².